The third-order valence-electron chi connectivity index (χ3n) is 4.86. The number of piperidine rings is 1. The van der Waals surface area contributed by atoms with Crippen molar-refractivity contribution in [2.45, 2.75) is 52.5 Å². The lowest BCUT2D eigenvalue weighted by Crippen LogP contribution is -2.43. The zero-order chi connectivity index (χ0) is 17.8. The molecule has 1 aromatic heterocycles. The van der Waals surface area contributed by atoms with Gasteiger partial charge in [0.05, 0.1) is 0 Å². The minimum absolute atomic E-state index is 0.0117. The largest absolute Gasteiger partial charge is 0.334 e. The first kappa shape index (κ1) is 17.4. The van der Waals surface area contributed by atoms with Crippen LogP contribution in [0, 0.1) is 13.8 Å². The maximum Gasteiger partial charge on any atom is 0.272 e. The molecule has 0 radical (unpaired) electrons. The summed E-state index contributed by atoms with van der Waals surface area (Å²) in [6.07, 6.45) is 6.00. The average molecular weight is 338 g/mol. The van der Waals surface area contributed by atoms with Crippen molar-refractivity contribution in [1.29, 1.82) is 0 Å². The third-order valence-corrected chi connectivity index (χ3v) is 4.86. The highest BCUT2D eigenvalue weighted by atomic mass is 16.2. The van der Waals surface area contributed by atoms with Crippen LogP contribution in [0.15, 0.2) is 30.5 Å². The number of nitrogens with zero attached hydrogens (tertiary/aromatic N) is 3. The maximum absolute atomic E-state index is 12.9. The van der Waals surface area contributed by atoms with Gasteiger partial charge in [0.15, 0.2) is 0 Å². The van der Waals surface area contributed by atoms with E-state index in [0.717, 1.165) is 37.1 Å². The van der Waals surface area contributed by atoms with Gasteiger partial charge in [0, 0.05) is 24.5 Å². The van der Waals surface area contributed by atoms with Gasteiger partial charge in [0.1, 0.15) is 5.69 Å². The Morgan fingerprint density at radius 3 is 2.88 bits per heavy atom. The summed E-state index contributed by atoms with van der Waals surface area (Å²) >= 11 is 0. The van der Waals surface area contributed by atoms with Gasteiger partial charge in [0.2, 0.25) is 5.95 Å². The molecule has 3 rings (SSSR count). The Kier molecular flexibility index (Phi) is 5.31. The van der Waals surface area contributed by atoms with E-state index in [1.807, 2.05) is 24.0 Å². The predicted molar refractivity (Wildman–Crippen MR) is 100 cm³/mol. The molecule has 1 amide bonds. The highest BCUT2D eigenvalue weighted by Gasteiger charge is 2.27. The van der Waals surface area contributed by atoms with Crippen LogP contribution in [0.25, 0.3) is 0 Å². The third kappa shape index (κ3) is 3.98. The van der Waals surface area contributed by atoms with Crippen molar-refractivity contribution < 1.29 is 4.79 Å². The minimum atomic E-state index is 0.0117. The summed E-state index contributed by atoms with van der Waals surface area (Å²) in [5.41, 5.74) is 3.76. The average Bonchev–Trinajstić information content (AvgIpc) is 2.63. The van der Waals surface area contributed by atoms with E-state index in [0.29, 0.717) is 17.7 Å². The number of carbonyl (C=O) groups is 1. The van der Waals surface area contributed by atoms with Crippen LogP contribution in [-0.2, 0) is 0 Å². The normalized spacial score (nSPS) is 17.4. The van der Waals surface area contributed by atoms with Crippen LogP contribution >= 0.6 is 0 Å². The van der Waals surface area contributed by atoms with E-state index in [1.54, 1.807) is 12.3 Å². The highest BCUT2D eigenvalue weighted by Crippen LogP contribution is 2.22. The predicted octanol–water partition coefficient (Wildman–Crippen LogP) is 4.24. The lowest BCUT2D eigenvalue weighted by Gasteiger charge is -2.35. The molecule has 1 aliphatic rings. The van der Waals surface area contributed by atoms with Crippen LogP contribution in [0.1, 0.15) is 54.2 Å². The van der Waals surface area contributed by atoms with Gasteiger partial charge in [0.25, 0.3) is 5.91 Å². The highest BCUT2D eigenvalue weighted by molar-refractivity contribution is 5.92. The standard InChI is InChI=1S/C20H26N4O/c1-4-16-7-5-6-12-24(16)19(25)18-10-11-21-20(23-18)22-17-9-8-14(2)13-15(17)3/h8-11,13,16H,4-7,12H2,1-3H3,(H,21,22,23). The smallest absolute Gasteiger partial charge is 0.272 e. The molecule has 2 heterocycles. The van der Waals surface area contributed by atoms with Crippen molar-refractivity contribution in [2.75, 3.05) is 11.9 Å². The van der Waals surface area contributed by atoms with Crippen LogP contribution in [0.4, 0.5) is 11.6 Å². The molecule has 0 aliphatic carbocycles. The lowest BCUT2D eigenvalue weighted by atomic mass is 9.99. The molecule has 5 nitrogen and oxygen atoms in total. The molecule has 0 spiro atoms. The van der Waals surface area contributed by atoms with E-state index in [-0.39, 0.29) is 5.91 Å². The summed E-state index contributed by atoms with van der Waals surface area (Å²) in [5, 5.41) is 3.23. The first-order valence-corrected chi connectivity index (χ1v) is 9.06. The number of benzene rings is 1. The van der Waals surface area contributed by atoms with Crippen LogP contribution in [0.3, 0.4) is 0 Å². The van der Waals surface area contributed by atoms with E-state index in [1.165, 1.54) is 12.0 Å². The monoisotopic (exact) mass is 338 g/mol. The minimum Gasteiger partial charge on any atom is -0.334 e. The summed E-state index contributed by atoms with van der Waals surface area (Å²) in [6.45, 7) is 7.07. The van der Waals surface area contributed by atoms with E-state index < -0.39 is 0 Å². The number of anilines is 2. The number of aromatic nitrogens is 2. The second kappa shape index (κ2) is 7.64. The van der Waals surface area contributed by atoms with Crippen molar-refractivity contribution >= 4 is 17.5 Å². The molecule has 1 saturated heterocycles. The number of rotatable bonds is 4. The molecule has 2 aromatic rings. The van der Waals surface area contributed by atoms with Gasteiger partial charge < -0.3 is 10.2 Å². The number of amides is 1. The van der Waals surface area contributed by atoms with Gasteiger partial charge in [-0.1, -0.05) is 24.6 Å². The number of hydrogen-bond acceptors (Lipinski definition) is 4. The maximum atomic E-state index is 12.9. The van der Waals surface area contributed by atoms with Crippen LogP contribution in [-0.4, -0.2) is 33.4 Å². The van der Waals surface area contributed by atoms with Crippen molar-refractivity contribution in [3.05, 3.63) is 47.3 Å². The SMILES string of the molecule is CCC1CCCCN1C(=O)c1ccnc(Nc2ccc(C)cc2C)n1. The zero-order valence-electron chi connectivity index (χ0n) is 15.2. The Morgan fingerprint density at radius 2 is 2.12 bits per heavy atom. The molecular formula is C20H26N4O. The van der Waals surface area contributed by atoms with Crippen molar-refractivity contribution in [2.24, 2.45) is 0 Å². The second-order valence-corrected chi connectivity index (χ2v) is 6.77. The Bertz CT molecular complexity index is 759. The molecule has 25 heavy (non-hydrogen) atoms. The summed E-state index contributed by atoms with van der Waals surface area (Å²) in [4.78, 5) is 23.6. The first-order chi connectivity index (χ1) is 12.1. The molecule has 132 valence electrons. The summed E-state index contributed by atoms with van der Waals surface area (Å²) in [5.74, 6) is 0.473. The molecule has 1 fully saturated rings. The zero-order valence-corrected chi connectivity index (χ0v) is 15.2. The van der Waals surface area contributed by atoms with Crippen molar-refractivity contribution in [3.8, 4) is 0 Å². The Morgan fingerprint density at radius 1 is 1.28 bits per heavy atom. The second-order valence-electron chi connectivity index (χ2n) is 6.77. The van der Waals surface area contributed by atoms with Gasteiger partial charge in [-0.05, 0) is 57.2 Å². The Balaban J connectivity index is 1.80. The molecule has 5 heteroatoms. The van der Waals surface area contributed by atoms with Crippen LogP contribution in [0.2, 0.25) is 0 Å². The van der Waals surface area contributed by atoms with Gasteiger partial charge in [-0.3, -0.25) is 4.79 Å². The number of aryl methyl sites for hydroxylation is 2. The fourth-order valence-electron chi connectivity index (χ4n) is 3.45. The lowest BCUT2D eigenvalue weighted by molar-refractivity contribution is 0.0602. The summed E-state index contributed by atoms with van der Waals surface area (Å²) in [6, 6.07) is 8.20. The van der Waals surface area contributed by atoms with E-state index >= 15 is 0 Å². The van der Waals surface area contributed by atoms with Crippen molar-refractivity contribution in [1.82, 2.24) is 14.9 Å². The Hall–Kier alpha value is -2.43. The first-order valence-electron chi connectivity index (χ1n) is 9.06. The van der Waals surface area contributed by atoms with Crippen LogP contribution in [0.5, 0.6) is 0 Å². The molecule has 1 N–H and O–H groups in total. The molecule has 0 bridgehead atoms. The van der Waals surface area contributed by atoms with E-state index in [4.69, 9.17) is 0 Å². The topological polar surface area (TPSA) is 58.1 Å². The van der Waals surface area contributed by atoms with E-state index in [9.17, 15) is 4.79 Å². The number of nitrogens with one attached hydrogen (secondary N) is 1. The molecule has 0 saturated carbocycles. The van der Waals surface area contributed by atoms with Crippen LogP contribution < -0.4 is 5.32 Å². The number of likely N-dealkylation sites (tertiary alicyclic amines) is 1. The number of hydrogen-bond donors (Lipinski definition) is 1. The summed E-state index contributed by atoms with van der Waals surface area (Å²) < 4.78 is 0. The molecule has 1 atom stereocenters. The molecule has 1 unspecified atom stereocenters. The van der Waals surface area contributed by atoms with E-state index in [2.05, 4.69) is 35.2 Å². The van der Waals surface area contributed by atoms with Gasteiger partial charge in [-0.2, -0.15) is 0 Å². The quantitative estimate of drug-likeness (QED) is 0.906. The fourth-order valence-corrected chi connectivity index (χ4v) is 3.45. The van der Waals surface area contributed by atoms with Gasteiger partial charge >= 0.3 is 0 Å². The summed E-state index contributed by atoms with van der Waals surface area (Å²) in [7, 11) is 0. The molecular weight excluding hydrogens is 312 g/mol. The fraction of sp³-hybridized carbons (Fsp3) is 0.450. The molecule has 1 aliphatic heterocycles. The van der Waals surface area contributed by atoms with Gasteiger partial charge in [-0.25, -0.2) is 9.97 Å². The Labute approximate surface area is 149 Å². The van der Waals surface area contributed by atoms with Gasteiger partial charge in [-0.15, -0.1) is 0 Å². The molecule has 1 aromatic carbocycles. The number of carbonyl (C=O) groups excluding carboxylic acids is 1. The van der Waals surface area contributed by atoms with Crippen molar-refractivity contribution in [3.63, 3.8) is 0 Å².